The van der Waals surface area contributed by atoms with E-state index in [1.807, 2.05) is 19.1 Å². The number of hydrogen-bond acceptors (Lipinski definition) is 4. The number of carboxylic acid groups (broad SMARTS) is 1. The Balaban J connectivity index is 2.55. The molecule has 6 nitrogen and oxygen atoms in total. The van der Waals surface area contributed by atoms with Gasteiger partial charge in [-0.25, -0.2) is 4.79 Å². The van der Waals surface area contributed by atoms with E-state index < -0.39 is 24.5 Å². The minimum absolute atomic E-state index is 0.0489. The average Bonchev–Trinajstić information content (AvgIpc) is 2.77. The van der Waals surface area contributed by atoms with Crippen molar-refractivity contribution in [3.05, 3.63) is 12.2 Å². The lowest BCUT2D eigenvalue weighted by Gasteiger charge is -2.18. The summed E-state index contributed by atoms with van der Waals surface area (Å²) >= 11 is 0. The quantitative estimate of drug-likeness (QED) is 0.577. The number of hydrogen-bond donors (Lipinski definition) is 3. The van der Waals surface area contributed by atoms with E-state index in [4.69, 9.17) is 10.2 Å². The van der Waals surface area contributed by atoms with Gasteiger partial charge in [0.15, 0.2) is 0 Å². The van der Waals surface area contributed by atoms with Crippen LogP contribution in [0.25, 0.3) is 0 Å². The number of amides is 1. The summed E-state index contributed by atoms with van der Waals surface area (Å²) in [5.41, 5.74) is 0. The summed E-state index contributed by atoms with van der Waals surface area (Å²) in [7, 11) is 0. The molecule has 1 saturated carbocycles. The fourth-order valence-electron chi connectivity index (χ4n) is 2.63. The Kier molecular flexibility index (Phi) is 7.08. The molecular formula is C15H23NO5. The molecule has 6 heteroatoms. The summed E-state index contributed by atoms with van der Waals surface area (Å²) < 4.78 is 0. The Morgan fingerprint density at radius 2 is 2.14 bits per heavy atom. The third kappa shape index (κ3) is 5.30. The van der Waals surface area contributed by atoms with E-state index in [1.165, 1.54) is 0 Å². The summed E-state index contributed by atoms with van der Waals surface area (Å²) in [6.45, 7) is 1.37. The Morgan fingerprint density at radius 1 is 1.43 bits per heavy atom. The van der Waals surface area contributed by atoms with Crippen molar-refractivity contribution in [2.45, 2.75) is 45.1 Å². The molecule has 21 heavy (non-hydrogen) atoms. The van der Waals surface area contributed by atoms with Gasteiger partial charge in [-0.15, -0.1) is 0 Å². The monoisotopic (exact) mass is 297 g/mol. The summed E-state index contributed by atoms with van der Waals surface area (Å²) in [5.74, 6) is -1.73. The zero-order valence-corrected chi connectivity index (χ0v) is 12.2. The molecule has 0 aromatic rings. The maximum atomic E-state index is 11.8. The molecule has 1 fully saturated rings. The molecular weight excluding hydrogens is 274 g/mol. The van der Waals surface area contributed by atoms with Crippen molar-refractivity contribution >= 4 is 17.7 Å². The Labute approximate surface area is 124 Å². The number of aliphatic carboxylic acids is 1. The molecule has 0 aromatic carbocycles. The van der Waals surface area contributed by atoms with Crippen LogP contribution >= 0.6 is 0 Å². The lowest BCUT2D eigenvalue weighted by molar-refractivity contribution is -0.143. The fraction of sp³-hybridized carbons (Fsp3) is 0.667. The first kappa shape index (κ1) is 17.4. The van der Waals surface area contributed by atoms with Crippen LogP contribution in [-0.2, 0) is 14.4 Å². The Hall–Kier alpha value is -1.69. The van der Waals surface area contributed by atoms with Gasteiger partial charge in [0.05, 0.1) is 6.61 Å². The standard InChI is InChI=1S/C15H23NO5/c1-2-3-4-5-11-10(6-7-13(11)18)8-14(19)16-12(9-17)15(20)21/h3-4,10-12,17H,2,5-9H2,1H3,(H,16,19)(H,20,21)/b4-3+/t10-,11-,12+/m1/s1. The lowest BCUT2D eigenvalue weighted by atomic mass is 9.89. The van der Waals surface area contributed by atoms with E-state index in [-0.39, 0.29) is 24.0 Å². The number of nitrogens with one attached hydrogen (secondary N) is 1. The second-order valence-corrected chi connectivity index (χ2v) is 5.33. The van der Waals surface area contributed by atoms with E-state index in [0.29, 0.717) is 19.3 Å². The Bertz CT molecular complexity index is 418. The summed E-state index contributed by atoms with van der Waals surface area (Å²) in [6, 6.07) is -1.28. The number of aliphatic hydroxyl groups excluding tert-OH is 1. The molecule has 0 spiro atoms. The van der Waals surface area contributed by atoms with Gasteiger partial charge < -0.3 is 15.5 Å². The molecule has 0 aromatic heterocycles. The van der Waals surface area contributed by atoms with Crippen molar-refractivity contribution in [2.24, 2.45) is 11.8 Å². The van der Waals surface area contributed by atoms with E-state index in [0.717, 1.165) is 6.42 Å². The van der Waals surface area contributed by atoms with Gasteiger partial charge in [0, 0.05) is 18.8 Å². The van der Waals surface area contributed by atoms with E-state index in [1.54, 1.807) is 0 Å². The zero-order valence-electron chi connectivity index (χ0n) is 12.2. The number of carbonyl (C=O) groups excluding carboxylic acids is 2. The van der Waals surface area contributed by atoms with Gasteiger partial charge in [0.1, 0.15) is 11.8 Å². The van der Waals surface area contributed by atoms with Crippen LogP contribution in [-0.4, -0.2) is 40.5 Å². The van der Waals surface area contributed by atoms with Crippen molar-refractivity contribution in [3.8, 4) is 0 Å². The molecule has 0 radical (unpaired) electrons. The Morgan fingerprint density at radius 3 is 2.71 bits per heavy atom. The first-order chi connectivity index (χ1) is 9.99. The minimum atomic E-state index is -1.28. The van der Waals surface area contributed by atoms with Crippen LogP contribution in [0.2, 0.25) is 0 Å². The average molecular weight is 297 g/mol. The minimum Gasteiger partial charge on any atom is -0.480 e. The van der Waals surface area contributed by atoms with Gasteiger partial charge in [0.25, 0.3) is 0 Å². The molecule has 0 saturated heterocycles. The predicted molar refractivity (Wildman–Crippen MR) is 76.5 cm³/mol. The van der Waals surface area contributed by atoms with E-state index in [2.05, 4.69) is 5.32 Å². The number of allylic oxidation sites excluding steroid dienone is 2. The number of aliphatic hydroxyl groups is 1. The van der Waals surface area contributed by atoms with Crippen LogP contribution in [0.3, 0.4) is 0 Å². The maximum absolute atomic E-state index is 11.8. The number of ketones is 1. The molecule has 0 bridgehead atoms. The largest absolute Gasteiger partial charge is 0.480 e. The van der Waals surface area contributed by atoms with Crippen LogP contribution in [0.5, 0.6) is 0 Å². The predicted octanol–water partition coefficient (Wildman–Crippen LogP) is 0.890. The van der Waals surface area contributed by atoms with Crippen molar-refractivity contribution in [3.63, 3.8) is 0 Å². The number of rotatable bonds is 8. The molecule has 0 aliphatic heterocycles. The zero-order chi connectivity index (χ0) is 15.8. The second kappa shape index (κ2) is 8.56. The normalized spacial score (nSPS) is 23.4. The molecule has 3 atom stereocenters. The number of carboxylic acids is 1. The molecule has 0 heterocycles. The van der Waals surface area contributed by atoms with Crippen molar-refractivity contribution in [1.82, 2.24) is 5.32 Å². The van der Waals surface area contributed by atoms with E-state index in [9.17, 15) is 14.4 Å². The molecule has 118 valence electrons. The number of Topliss-reactive ketones (excluding diaryl/α,β-unsaturated/α-hetero) is 1. The maximum Gasteiger partial charge on any atom is 0.328 e. The van der Waals surface area contributed by atoms with Crippen molar-refractivity contribution < 1.29 is 24.6 Å². The third-order valence-electron chi connectivity index (χ3n) is 3.80. The van der Waals surface area contributed by atoms with Gasteiger partial charge in [-0.3, -0.25) is 9.59 Å². The van der Waals surface area contributed by atoms with Crippen LogP contribution in [0.1, 0.15) is 39.0 Å². The second-order valence-electron chi connectivity index (χ2n) is 5.33. The summed E-state index contributed by atoms with van der Waals surface area (Å²) in [4.78, 5) is 34.4. The van der Waals surface area contributed by atoms with E-state index >= 15 is 0 Å². The number of carbonyl (C=O) groups is 3. The van der Waals surface area contributed by atoms with Crippen LogP contribution in [0.15, 0.2) is 12.2 Å². The highest BCUT2D eigenvalue weighted by Gasteiger charge is 2.35. The molecule has 1 amide bonds. The van der Waals surface area contributed by atoms with Gasteiger partial charge in [-0.2, -0.15) is 0 Å². The highest BCUT2D eigenvalue weighted by Crippen LogP contribution is 2.34. The highest BCUT2D eigenvalue weighted by atomic mass is 16.4. The van der Waals surface area contributed by atoms with Gasteiger partial charge in [-0.05, 0) is 25.2 Å². The molecule has 1 rings (SSSR count). The van der Waals surface area contributed by atoms with Gasteiger partial charge >= 0.3 is 5.97 Å². The van der Waals surface area contributed by atoms with Crippen LogP contribution < -0.4 is 5.32 Å². The molecule has 0 unspecified atom stereocenters. The third-order valence-corrected chi connectivity index (χ3v) is 3.80. The van der Waals surface area contributed by atoms with Crippen molar-refractivity contribution in [2.75, 3.05) is 6.61 Å². The highest BCUT2D eigenvalue weighted by molar-refractivity contribution is 5.87. The lowest BCUT2D eigenvalue weighted by Crippen LogP contribution is -2.44. The smallest absolute Gasteiger partial charge is 0.328 e. The summed E-state index contributed by atoms with van der Waals surface area (Å²) in [6.07, 6.45) is 6.76. The molecule has 1 aliphatic carbocycles. The first-order valence-electron chi connectivity index (χ1n) is 7.30. The van der Waals surface area contributed by atoms with Crippen LogP contribution in [0.4, 0.5) is 0 Å². The van der Waals surface area contributed by atoms with Gasteiger partial charge in [0.2, 0.25) is 5.91 Å². The molecule has 3 N–H and O–H groups in total. The SMILES string of the molecule is CC/C=C/C[C@H]1C(=O)CC[C@@H]1CC(=O)N[C@@H](CO)C(=O)O. The summed E-state index contributed by atoms with van der Waals surface area (Å²) in [5, 5.41) is 19.9. The van der Waals surface area contributed by atoms with Crippen molar-refractivity contribution in [1.29, 1.82) is 0 Å². The topological polar surface area (TPSA) is 104 Å². The fourth-order valence-corrected chi connectivity index (χ4v) is 2.63. The molecule has 1 aliphatic rings. The van der Waals surface area contributed by atoms with Gasteiger partial charge in [-0.1, -0.05) is 19.1 Å². The first-order valence-corrected chi connectivity index (χ1v) is 7.30. The van der Waals surface area contributed by atoms with Crippen LogP contribution in [0, 0.1) is 11.8 Å².